The van der Waals surface area contributed by atoms with E-state index >= 15 is 0 Å². The Balaban J connectivity index is 1.57. The third kappa shape index (κ3) is 5.74. The Hall–Kier alpha value is -2.49. The van der Waals surface area contributed by atoms with Crippen molar-refractivity contribution in [2.24, 2.45) is 0 Å². The van der Waals surface area contributed by atoms with Gasteiger partial charge in [-0.15, -0.1) is 0 Å². The van der Waals surface area contributed by atoms with Crippen molar-refractivity contribution in [3.8, 4) is 0 Å². The Labute approximate surface area is 209 Å². The number of halogens is 4. The zero-order valence-corrected chi connectivity index (χ0v) is 21.2. The number of H-pyrrole nitrogens is 1. The third-order valence-electron chi connectivity index (χ3n) is 7.24. The minimum atomic E-state index is -4.89. The highest BCUT2D eigenvalue weighted by Crippen LogP contribution is 2.44. The van der Waals surface area contributed by atoms with Gasteiger partial charge < -0.3 is 15.0 Å². The smallest absolute Gasteiger partial charge is 0.380 e. The molecule has 0 saturated carbocycles. The number of pyridine rings is 1. The highest BCUT2D eigenvalue weighted by molar-refractivity contribution is 5.76. The molecule has 0 amide bonds. The van der Waals surface area contributed by atoms with Gasteiger partial charge in [0.1, 0.15) is 5.82 Å². The highest BCUT2D eigenvalue weighted by Gasteiger charge is 2.56. The minimum Gasteiger partial charge on any atom is -0.380 e. The van der Waals surface area contributed by atoms with Crippen molar-refractivity contribution in [1.29, 1.82) is 0 Å². The summed E-state index contributed by atoms with van der Waals surface area (Å²) < 4.78 is 56.7. The Morgan fingerprint density at radius 2 is 1.72 bits per heavy atom. The van der Waals surface area contributed by atoms with Gasteiger partial charge in [-0.1, -0.05) is 19.9 Å². The summed E-state index contributed by atoms with van der Waals surface area (Å²) in [5.74, 6) is -0.520. The summed E-state index contributed by atoms with van der Waals surface area (Å²) in [6, 6.07) is 9.36. The lowest BCUT2D eigenvalue weighted by atomic mass is 9.72. The first-order chi connectivity index (χ1) is 16.8. The minimum absolute atomic E-state index is 0.251. The van der Waals surface area contributed by atoms with E-state index in [1.807, 2.05) is 12.1 Å². The van der Waals surface area contributed by atoms with E-state index in [1.165, 1.54) is 12.1 Å². The molecule has 5 nitrogen and oxygen atoms in total. The summed E-state index contributed by atoms with van der Waals surface area (Å²) in [7, 11) is 2.09. The molecular weight excluding hydrogens is 472 g/mol. The summed E-state index contributed by atoms with van der Waals surface area (Å²) >= 11 is 0. The van der Waals surface area contributed by atoms with E-state index in [1.54, 1.807) is 32.9 Å². The van der Waals surface area contributed by atoms with Crippen LogP contribution in [0.2, 0.25) is 0 Å². The zero-order chi connectivity index (χ0) is 26.3. The molecule has 1 saturated heterocycles. The maximum Gasteiger partial charge on any atom is 0.417 e. The average molecular weight is 507 g/mol. The number of benzene rings is 1. The molecule has 2 aromatic heterocycles. The number of aryl methyl sites for hydroxylation is 1. The van der Waals surface area contributed by atoms with Crippen molar-refractivity contribution < 1.29 is 22.7 Å². The van der Waals surface area contributed by atoms with Gasteiger partial charge in [0.2, 0.25) is 0 Å². The van der Waals surface area contributed by atoms with Gasteiger partial charge in [-0.2, -0.15) is 13.2 Å². The van der Waals surface area contributed by atoms with Crippen LogP contribution in [0.15, 0.2) is 36.4 Å². The number of piperazine rings is 1. The van der Waals surface area contributed by atoms with Crippen LogP contribution in [0, 0.1) is 12.7 Å². The molecular formula is C27H34F4N4O. The van der Waals surface area contributed by atoms with E-state index in [9.17, 15) is 22.7 Å². The van der Waals surface area contributed by atoms with E-state index in [4.69, 9.17) is 0 Å². The third-order valence-corrected chi connectivity index (χ3v) is 7.24. The van der Waals surface area contributed by atoms with Crippen molar-refractivity contribution >= 4 is 11.0 Å². The standard InChI is InChI=1S/C27H34F4N4O/c1-18-5-6-19(28)13-22(18)25(2,3)17-26(36,27(29,30)31)15-21-14-24-23(33-21)8-7-20(32-24)16-35-11-9-34(4)10-12-35/h5-8,13-14,33,36H,9-12,15-17H2,1-4H3. The summed E-state index contributed by atoms with van der Waals surface area (Å²) in [6.07, 6.45) is -6.16. The molecule has 0 aliphatic carbocycles. The van der Waals surface area contributed by atoms with Gasteiger partial charge in [0, 0.05) is 44.8 Å². The Bertz CT molecular complexity index is 1210. The molecule has 1 fully saturated rings. The quantitative estimate of drug-likeness (QED) is 0.445. The largest absolute Gasteiger partial charge is 0.417 e. The second-order valence-corrected chi connectivity index (χ2v) is 10.8. The first-order valence-electron chi connectivity index (χ1n) is 12.2. The van der Waals surface area contributed by atoms with E-state index in [2.05, 4.69) is 26.8 Å². The van der Waals surface area contributed by atoms with Crippen molar-refractivity contribution in [1.82, 2.24) is 19.8 Å². The van der Waals surface area contributed by atoms with Crippen LogP contribution in [0.25, 0.3) is 11.0 Å². The molecule has 0 bridgehead atoms. The zero-order valence-electron chi connectivity index (χ0n) is 21.2. The number of likely N-dealkylation sites (N-methyl/N-ethyl adjacent to an activating group) is 1. The monoisotopic (exact) mass is 506 g/mol. The first-order valence-corrected chi connectivity index (χ1v) is 12.2. The van der Waals surface area contributed by atoms with Crippen LogP contribution in [0.4, 0.5) is 17.6 Å². The second-order valence-electron chi connectivity index (χ2n) is 10.8. The predicted molar refractivity (Wildman–Crippen MR) is 132 cm³/mol. The van der Waals surface area contributed by atoms with Crippen molar-refractivity contribution in [2.45, 2.75) is 57.3 Å². The van der Waals surface area contributed by atoms with Crippen LogP contribution in [0.1, 0.15) is 42.8 Å². The molecule has 0 spiro atoms. The Kier molecular flexibility index (Phi) is 7.20. The number of aromatic nitrogens is 2. The summed E-state index contributed by atoms with van der Waals surface area (Å²) in [5.41, 5.74) is -0.731. The van der Waals surface area contributed by atoms with Gasteiger partial charge >= 0.3 is 6.18 Å². The average Bonchev–Trinajstić information content (AvgIpc) is 3.17. The Morgan fingerprint density at radius 3 is 2.39 bits per heavy atom. The number of alkyl halides is 3. The van der Waals surface area contributed by atoms with Crippen LogP contribution in [0.5, 0.6) is 0 Å². The fourth-order valence-electron chi connectivity index (χ4n) is 5.25. The maximum absolute atomic E-state index is 14.3. The van der Waals surface area contributed by atoms with Gasteiger partial charge in [-0.05, 0) is 67.3 Å². The molecule has 1 aromatic carbocycles. The molecule has 196 valence electrons. The maximum atomic E-state index is 14.3. The van der Waals surface area contributed by atoms with Crippen LogP contribution in [-0.2, 0) is 18.4 Å². The lowest BCUT2D eigenvalue weighted by molar-refractivity contribution is -0.266. The van der Waals surface area contributed by atoms with Crippen LogP contribution >= 0.6 is 0 Å². The molecule has 1 aliphatic rings. The predicted octanol–water partition coefficient (Wildman–Crippen LogP) is 4.96. The van der Waals surface area contributed by atoms with E-state index in [0.717, 1.165) is 31.9 Å². The van der Waals surface area contributed by atoms with E-state index in [0.29, 0.717) is 28.7 Å². The number of fused-ring (bicyclic) bond motifs is 1. The molecule has 4 rings (SSSR count). The number of rotatable bonds is 7. The number of nitrogens with zero attached hydrogens (tertiary/aromatic N) is 3. The van der Waals surface area contributed by atoms with Gasteiger partial charge in [-0.3, -0.25) is 4.90 Å². The number of nitrogens with one attached hydrogen (secondary N) is 1. The molecule has 0 radical (unpaired) electrons. The summed E-state index contributed by atoms with van der Waals surface area (Å²) in [4.78, 5) is 12.2. The topological polar surface area (TPSA) is 55.4 Å². The number of hydrogen-bond acceptors (Lipinski definition) is 4. The molecule has 3 aromatic rings. The van der Waals surface area contributed by atoms with Crippen LogP contribution in [-0.4, -0.2) is 69.9 Å². The lowest BCUT2D eigenvalue weighted by Gasteiger charge is -2.38. The molecule has 3 heterocycles. The molecule has 9 heteroatoms. The molecule has 1 atom stereocenters. The van der Waals surface area contributed by atoms with Gasteiger partial charge in [0.05, 0.1) is 16.7 Å². The van der Waals surface area contributed by atoms with Gasteiger partial charge in [-0.25, -0.2) is 9.37 Å². The highest BCUT2D eigenvalue weighted by atomic mass is 19.4. The second kappa shape index (κ2) is 9.76. The van der Waals surface area contributed by atoms with Crippen molar-refractivity contribution in [3.63, 3.8) is 0 Å². The fourth-order valence-corrected chi connectivity index (χ4v) is 5.25. The van der Waals surface area contributed by atoms with Gasteiger partial charge in [0.15, 0.2) is 5.60 Å². The normalized spacial score (nSPS) is 18.0. The molecule has 36 heavy (non-hydrogen) atoms. The fraction of sp³-hybridized carbons (Fsp3) is 0.519. The summed E-state index contributed by atoms with van der Waals surface area (Å²) in [5, 5.41) is 11.0. The lowest BCUT2D eigenvalue weighted by Crippen LogP contribution is -2.51. The van der Waals surface area contributed by atoms with E-state index < -0.39 is 35.9 Å². The number of aliphatic hydroxyl groups is 1. The number of hydrogen-bond donors (Lipinski definition) is 2. The molecule has 1 aliphatic heterocycles. The van der Waals surface area contributed by atoms with Crippen molar-refractivity contribution in [2.75, 3.05) is 33.2 Å². The van der Waals surface area contributed by atoms with Crippen molar-refractivity contribution in [3.05, 3.63) is 64.7 Å². The molecule has 1 unspecified atom stereocenters. The number of aromatic amines is 1. The molecule has 2 N–H and O–H groups in total. The SMILES string of the molecule is Cc1ccc(F)cc1C(C)(C)CC(O)(Cc1cc2nc(CN3CCN(C)CC3)ccc2[nH]1)C(F)(F)F. The Morgan fingerprint density at radius 1 is 1.03 bits per heavy atom. The van der Waals surface area contributed by atoms with Crippen LogP contribution < -0.4 is 0 Å². The summed E-state index contributed by atoms with van der Waals surface area (Å²) in [6.45, 7) is 9.45. The van der Waals surface area contributed by atoms with Gasteiger partial charge in [0.25, 0.3) is 0 Å². The van der Waals surface area contributed by atoms with E-state index in [-0.39, 0.29) is 5.69 Å². The first kappa shape index (κ1) is 26.6. The van der Waals surface area contributed by atoms with Crippen LogP contribution in [0.3, 0.4) is 0 Å².